The molecular formula is C13H18FNO. The molecule has 0 aromatic heterocycles. The standard InChI is InChI=1S/C13H18FNO/c1-9(16)6-7-15-13-5-2-10-8-11(14)3-4-12(10)13/h3-4,8-9,13,15-16H,2,5-7H2,1H3. The quantitative estimate of drug-likeness (QED) is 0.820. The van der Waals surface area contributed by atoms with Crippen molar-refractivity contribution in [2.45, 2.75) is 38.3 Å². The molecule has 0 saturated heterocycles. The zero-order valence-electron chi connectivity index (χ0n) is 9.54. The van der Waals surface area contributed by atoms with E-state index >= 15 is 0 Å². The van der Waals surface area contributed by atoms with Crippen LogP contribution in [0.1, 0.15) is 36.9 Å². The minimum Gasteiger partial charge on any atom is -0.393 e. The normalized spacial score (nSPS) is 20.8. The van der Waals surface area contributed by atoms with Crippen molar-refractivity contribution in [3.63, 3.8) is 0 Å². The van der Waals surface area contributed by atoms with Gasteiger partial charge in [0, 0.05) is 6.04 Å². The molecule has 2 rings (SSSR count). The van der Waals surface area contributed by atoms with Crippen molar-refractivity contribution < 1.29 is 9.50 Å². The lowest BCUT2D eigenvalue weighted by Crippen LogP contribution is -2.23. The average molecular weight is 223 g/mol. The molecule has 2 N–H and O–H groups in total. The lowest BCUT2D eigenvalue weighted by atomic mass is 10.1. The Balaban J connectivity index is 1.95. The lowest BCUT2D eigenvalue weighted by Gasteiger charge is -2.14. The molecule has 0 fully saturated rings. The van der Waals surface area contributed by atoms with Crippen LogP contribution >= 0.6 is 0 Å². The first-order chi connectivity index (χ1) is 7.66. The van der Waals surface area contributed by atoms with Gasteiger partial charge in [0.2, 0.25) is 0 Å². The Morgan fingerprint density at radius 1 is 1.56 bits per heavy atom. The van der Waals surface area contributed by atoms with Crippen LogP contribution in [-0.4, -0.2) is 17.8 Å². The first-order valence-electron chi connectivity index (χ1n) is 5.86. The van der Waals surface area contributed by atoms with Crippen molar-refractivity contribution >= 4 is 0 Å². The fourth-order valence-electron chi connectivity index (χ4n) is 2.26. The van der Waals surface area contributed by atoms with Gasteiger partial charge in [-0.25, -0.2) is 4.39 Å². The maximum Gasteiger partial charge on any atom is 0.123 e. The van der Waals surface area contributed by atoms with E-state index in [0.717, 1.165) is 31.4 Å². The van der Waals surface area contributed by atoms with E-state index < -0.39 is 0 Å². The number of nitrogens with one attached hydrogen (secondary N) is 1. The summed E-state index contributed by atoms with van der Waals surface area (Å²) in [7, 11) is 0. The van der Waals surface area contributed by atoms with Crippen LogP contribution in [0.25, 0.3) is 0 Å². The van der Waals surface area contributed by atoms with Gasteiger partial charge in [0.05, 0.1) is 6.10 Å². The first kappa shape index (κ1) is 11.6. The van der Waals surface area contributed by atoms with Crippen LogP contribution < -0.4 is 5.32 Å². The number of benzene rings is 1. The predicted octanol–water partition coefficient (Wildman–Crippen LogP) is 2.17. The second kappa shape index (κ2) is 4.93. The summed E-state index contributed by atoms with van der Waals surface area (Å²) < 4.78 is 13.0. The van der Waals surface area contributed by atoms with E-state index in [1.807, 2.05) is 6.07 Å². The third-order valence-electron chi connectivity index (χ3n) is 3.14. The summed E-state index contributed by atoms with van der Waals surface area (Å²) in [4.78, 5) is 0. The van der Waals surface area contributed by atoms with Crippen LogP contribution in [0, 0.1) is 5.82 Å². The van der Waals surface area contributed by atoms with Crippen molar-refractivity contribution in [2.24, 2.45) is 0 Å². The monoisotopic (exact) mass is 223 g/mol. The van der Waals surface area contributed by atoms with Crippen LogP contribution in [-0.2, 0) is 6.42 Å². The van der Waals surface area contributed by atoms with Crippen LogP contribution in [0.4, 0.5) is 4.39 Å². The summed E-state index contributed by atoms with van der Waals surface area (Å²) in [5, 5.41) is 12.6. The van der Waals surface area contributed by atoms with Gasteiger partial charge in [-0.1, -0.05) is 6.07 Å². The fourth-order valence-corrected chi connectivity index (χ4v) is 2.26. The van der Waals surface area contributed by atoms with Crippen LogP contribution in [0.2, 0.25) is 0 Å². The molecule has 0 spiro atoms. The molecule has 0 bridgehead atoms. The van der Waals surface area contributed by atoms with E-state index in [4.69, 9.17) is 5.11 Å². The minimum absolute atomic E-state index is 0.150. The first-order valence-corrected chi connectivity index (χ1v) is 5.86. The number of aliphatic hydroxyl groups excluding tert-OH is 1. The number of aryl methyl sites for hydroxylation is 1. The predicted molar refractivity (Wildman–Crippen MR) is 61.8 cm³/mol. The van der Waals surface area contributed by atoms with Gasteiger partial charge in [0.25, 0.3) is 0 Å². The highest BCUT2D eigenvalue weighted by molar-refractivity contribution is 5.34. The molecule has 2 unspecified atom stereocenters. The van der Waals surface area contributed by atoms with Crippen molar-refractivity contribution in [2.75, 3.05) is 6.54 Å². The number of aliphatic hydroxyl groups is 1. The highest BCUT2D eigenvalue weighted by Crippen LogP contribution is 2.31. The molecule has 1 aromatic rings. The van der Waals surface area contributed by atoms with E-state index in [1.54, 1.807) is 13.0 Å². The third kappa shape index (κ3) is 2.60. The number of fused-ring (bicyclic) bond motifs is 1. The molecule has 1 aromatic carbocycles. The van der Waals surface area contributed by atoms with E-state index in [1.165, 1.54) is 11.6 Å². The molecule has 88 valence electrons. The van der Waals surface area contributed by atoms with Crippen LogP contribution in [0.5, 0.6) is 0 Å². The third-order valence-corrected chi connectivity index (χ3v) is 3.14. The molecule has 16 heavy (non-hydrogen) atoms. The Morgan fingerprint density at radius 2 is 2.38 bits per heavy atom. The Kier molecular flexibility index (Phi) is 3.56. The summed E-state index contributed by atoms with van der Waals surface area (Å²) in [6.45, 7) is 2.60. The topological polar surface area (TPSA) is 32.3 Å². The highest BCUT2D eigenvalue weighted by Gasteiger charge is 2.21. The molecule has 0 saturated carbocycles. The van der Waals surface area contributed by atoms with Crippen LogP contribution in [0.3, 0.4) is 0 Å². The Morgan fingerprint density at radius 3 is 3.12 bits per heavy atom. The van der Waals surface area contributed by atoms with Gasteiger partial charge in [0.1, 0.15) is 5.82 Å². The molecule has 1 aliphatic carbocycles. The van der Waals surface area contributed by atoms with Gasteiger partial charge < -0.3 is 10.4 Å². The van der Waals surface area contributed by atoms with Gasteiger partial charge in [0.15, 0.2) is 0 Å². The second-order valence-electron chi connectivity index (χ2n) is 4.53. The zero-order chi connectivity index (χ0) is 11.5. The van der Waals surface area contributed by atoms with Crippen molar-refractivity contribution in [3.05, 3.63) is 35.1 Å². The van der Waals surface area contributed by atoms with Gasteiger partial charge in [-0.2, -0.15) is 0 Å². The van der Waals surface area contributed by atoms with E-state index in [0.29, 0.717) is 6.04 Å². The highest BCUT2D eigenvalue weighted by atomic mass is 19.1. The molecule has 0 heterocycles. The Hall–Kier alpha value is -0.930. The SMILES string of the molecule is CC(O)CCNC1CCc2cc(F)ccc21. The lowest BCUT2D eigenvalue weighted by molar-refractivity contribution is 0.182. The van der Waals surface area contributed by atoms with E-state index in [9.17, 15) is 4.39 Å². The van der Waals surface area contributed by atoms with E-state index in [2.05, 4.69) is 5.32 Å². The molecule has 2 atom stereocenters. The Bertz CT molecular complexity index is 365. The number of hydrogen-bond acceptors (Lipinski definition) is 2. The largest absolute Gasteiger partial charge is 0.393 e. The van der Waals surface area contributed by atoms with Crippen molar-refractivity contribution in [3.8, 4) is 0 Å². The second-order valence-corrected chi connectivity index (χ2v) is 4.53. The van der Waals surface area contributed by atoms with Gasteiger partial charge in [-0.05, 0) is 56.0 Å². The van der Waals surface area contributed by atoms with Crippen LogP contribution in [0.15, 0.2) is 18.2 Å². The van der Waals surface area contributed by atoms with Gasteiger partial charge in [-0.15, -0.1) is 0 Å². The number of hydrogen-bond donors (Lipinski definition) is 2. The molecule has 0 aliphatic heterocycles. The summed E-state index contributed by atoms with van der Waals surface area (Å²) in [6, 6.07) is 5.35. The summed E-state index contributed by atoms with van der Waals surface area (Å²) in [6.07, 6.45) is 2.46. The molecule has 3 heteroatoms. The van der Waals surface area contributed by atoms with Crippen molar-refractivity contribution in [1.82, 2.24) is 5.32 Å². The Labute approximate surface area is 95.5 Å². The maximum atomic E-state index is 13.0. The van der Waals surface area contributed by atoms with E-state index in [-0.39, 0.29) is 11.9 Å². The average Bonchev–Trinajstić information content (AvgIpc) is 2.60. The maximum absolute atomic E-state index is 13.0. The molecule has 2 nitrogen and oxygen atoms in total. The molecule has 0 radical (unpaired) electrons. The van der Waals surface area contributed by atoms with Crippen molar-refractivity contribution in [1.29, 1.82) is 0 Å². The minimum atomic E-state index is -0.262. The smallest absolute Gasteiger partial charge is 0.123 e. The summed E-state index contributed by atoms with van der Waals surface area (Å²) in [5.74, 6) is -0.150. The van der Waals surface area contributed by atoms with Gasteiger partial charge in [-0.3, -0.25) is 0 Å². The summed E-state index contributed by atoms with van der Waals surface area (Å²) in [5.41, 5.74) is 2.33. The fraction of sp³-hybridized carbons (Fsp3) is 0.538. The summed E-state index contributed by atoms with van der Waals surface area (Å²) >= 11 is 0. The molecular weight excluding hydrogens is 205 g/mol. The number of halogens is 1. The molecule has 0 amide bonds. The number of rotatable bonds is 4. The van der Waals surface area contributed by atoms with Gasteiger partial charge >= 0.3 is 0 Å². The molecule has 1 aliphatic rings. The zero-order valence-corrected chi connectivity index (χ0v) is 9.54.